The Morgan fingerprint density at radius 3 is 1.11 bits per heavy atom. The number of aliphatic hydroxyl groups excluding tert-OH is 2. The molecule has 0 saturated carbocycles. The molecule has 0 amide bonds. The van der Waals surface area contributed by atoms with Gasteiger partial charge in [0.1, 0.15) is 18.8 Å². The van der Waals surface area contributed by atoms with Gasteiger partial charge in [-0.25, -0.2) is 4.79 Å². The highest BCUT2D eigenvalue weighted by Gasteiger charge is 2.50. The number of esters is 3. The number of carboxylic acid groups (broad SMARTS) is 1. The lowest BCUT2D eigenvalue weighted by molar-refractivity contribution is -0.301. The Morgan fingerprint density at radius 2 is 0.723 bits per heavy atom. The Balaban J connectivity index is 2.71. The molecule has 0 aromatic rings. The van der Waals surface area contributed by atoms with Gasteiger partial charge < -0.3 is 39.0 Å². The van der Waals surface area contributed by atoms with Crippen LogP contribution >= 0.6 is 0 Å². The first-order valence-electron chi connectivity index (χ1n) is 32.2. The zero-order valence-electron chi connectivity index (χ0n) is 51.6. The monoisotopic (exact) mass is 1160 g/mol. The third kappa shape index (κ3) is 46.9. The average Bonchev–Trinajstić information content (AvgIpc) is 3.59. The highest BCUT2D eigenvalue weighted by atomic mass is 16.7. The van der Waals surface area contributed by atoms with Gasteiger partial charge >= 0.3 is 23.9 Å². The summed E-state index contributed by atoms with van der Waals surface area (Å²) >= 11 is 0. The number of hydrogen-bond acceptors (Lipinski definition) is 11. The molecule has 12 heteroatoms. The van der Waals surface area contributed by atoms with Crippen LogP contribution in [0.15, 0.2) is 134 Å². The molecular formula is C71H112O12. The average molecular weight is 1160 g/mol. The highest BCUT2D eigenvalue weighted by molar-refractivity contribution is 5.74. The van der Waals surface area contributed by atoms with Crippen LogP contribution in [0.25, 0.3) is 0 Å². The predicted octanol–water partition coefficient (Wildman–Crippen LogP) is 17.3. The molecule has 1 rings (SSSR count). The van der Waals surface area contributed by atoms with Crippen molar-refractivity contribution in [1.82, 2.24) is 0 Å². The van der Waals surface area contributed by atoms with Crippen LogP contribution in [0.2, 0.25) is 0 Å². The fraction of sp³-hybridized carbons (Fsp3) is 0.634. The Kier molecular flexibility index (Phi) is 52.4. The second kappa shape index (κ2) is 57.3. The van der Waals surface area contributed by atoms with Crippen molar-refractivity contribution in [1.29, 1.82) is 0 Å². The third-order valence-corrected chi connectivity index (χ3v) is 13.7. The van der Waals surface area contributed by atoms with Gasteiger partial charge in [0.2, 0.25) is 0 Å². The van der Waals surface area contributed by atoms with E-state index >= 15 is 0 Å². The molecule has 0 aliphatic carbocycles. The Bertz CT molecular complexity index is 1950. The third-order valence-electron chi connectivity index (χ3n) is 13.7. The van der Waals surface area contributed by atoms with E-state index in [1.54, 1.807) is 0 Å². The summed E-state index contributed by atoms with van der Waals surface area (Å²) in [6, 6.07) is 0. The molecule has 468 valence electrons. The highest BCUT2D eigenvalue weighted by Crippen LogP contribution is 2.26. The molecule has 6 unspecified atom stereocenters. The van der Waals surface area contributed by atoms with Crippen molar-refractivity contribution in [3.8, 4) is 0 Å². The van der Waals surface area contributed by atoms with E-state index in [2.05, 4.69) is 154 Å². The molecule has 1 aliphatic rings. The minimum absolute atomic E-state index is 0.0375. The molecule has 0 bridgehead atoms. The molecule has 1 heterocycles. The first kappa shape index (κ1) is 75.9. The number of hydrogen-bond donors (Lipinski definition) is 3. The van der Waals surface area contributed by atoms with Crippen LogP contribution in [0.4, 0.5) is 0 Å². The summed E-state index contributed by atoms with van der Waals surface area (Å²) in [4.78, 5) is 51.4. The summed E-state index contributed by atoms with van der Waals surface area (Å²) in [5, 5.41) is 31.6. The van der Waals surface area contributed by atoms with E-state index in [-0.39, 0.29) is 25.9 Å². The van der Waals surface area contributed by atoms with Crippen molar-refractivity contribution in [2.75, 3.05) is 13.2 Å². The number of unbranched alkanes of at least 4 members (excludes halogenated alkanes) is 17. The summed E-state index contributed by atoms with van der Waals surface area (Å²) < 4.78 is 28.5. The van der Waals surface area contributed by atoms with E-state index in [1.807, 2.05) is 0 Å². The predicted molar refractivity (Wildman–Crippen MR) is 340 cm³/mol. The van der Waals surface area contributed by atoms with Gasteiger partial charge in [-0.2, -0.15) is 0 Å². The summed E-state index contributed by atoms with van der Waals surface area (Å²) in [6.07, 6.45) is 68.3. The van der Waals surface area contributed by atoms with Crippen LogP contribution in [-0.4, -0.2) is 89.2 Å². The maximum absolute atomic E-state index is 13.2. The Hall–Kier alpha value is -5.14. The second-order valence-electron chi connectivity index (χ2n) is 21.2. The fourth-order valence-corrected chi connectivity index (χ4v) is 8.89. The molecule has 1 saturated heterocycles. The van der Waals surface area contributed by atoms with Crippen LogP contribution in [0.5, 0.6) is 0 Å². The number of carbonyl (C=O) groups excluding carboxylic acids is 3. The SMILES string of the molecule is CC/C=C\C/C=C\C/C=C\C/C=C\C/C=C\CCCCCC(=O)OCC(COC1OC(C(=O)O)C(O)C(O)C1OC(=O)CCCCCCCCC/C=C\C/C=C\C/C=C\CC)OC(=O)CCCCCCCCC/C=C\C/C=C\C/C=C\CC. The van der Waals surface area contributed by atoms with Crippen molar-refractivity contribution >= 4 is 23.9 Å². The van der Waals surface area contributed by atoms with E-state index in [0.717, 1.165) is 180 Å². The van der Waals surface area contributed by atoms with E-state index < -0.39 is 67.3 Å². The van der Waals surface area contributed by atoms with Crippen LogP contribution in [0.1, 0.15) is 239 Å². The minimum atomic E-state index is -1.92. The van der Waals surface area contributed by atoms with Crippen molar-refractivity contribution in [3.05, 3.63) is 134 Å². The Morgan fingerprint density at radius 1 is 0.398 bits per heavy atom. The van der Waals surface area contributed by atoms with Crippen molar-refractivity contribution in [2.45, 2.75) is 276 Å². The number of carboxylic acids is 1. The van der Waals surface area contributed by atoms with E-state index in [1.165, 1.54) is 0 Å². The molecule has 0 spiro atoms. The number of carbonyl (C=O) groups is 4. The fourth-order valence-electron chi connectivity index (χ4n) is 8.89. The van der Waals surface area contributed by atoms with E-state index in [0.29, 0.717) is 19.3 Å². The molecule has 12 nitrogen and oxygen atoms in total. The number of aliphatic carboxylic acids is 1. The van der Waals surface area contributed by atoms with Crippen LogP contribution in [-0.2, 0) is 42.9 Å². The maximum atomic E-state index is 13.2. The standard InChI is InChI=1S/C71H112O12/c1-4-7-10-13-16-19-22-25-28-31-32-35-36-39-42-45-48-51-54-57-63(72)79-60-62(81-64(73)58-55-52-49-46-43-40-37-33-29-26-23-20-17-14-11-8-5-2)61-80-71-69(67(76)66(75)68(83-71)70(77)78)82-65(74)59-56-53-50-47-44-41-38-34-30-27-24-21-18-15-12-9-6-3/h7-12,16-21,25-30,32,35,39,42,62,66-69,71,75-76H,4-6,13-15,22-24,31,33-34,36-38,40-41,43-61H2,1-3H3,(H,77,78)/b10-7-,11-8-,12-9-,19-16-,20-17-,21-18-,28-25-,29-26-,30-27-,35-32-,42-39-. The molecule has 6 atom stereocenters. The van der Waals surface area contributed by atoms with Crippen LogP contribution < -0.4 is 0 Å². The summed E-state index contributed by atoms with van der Waals surface area (Å²) in [6.45, 7) is 5.63. The van der Waals surface area contributed by atoms with E-state index in [9.17, 15) is 34.5 Å². The van der Waals surface area contributed by atoms with Gasteiger partial charge in [-0.3, -0.25) is 14.4 Å². The number of rotatable bonds is 53. The molecule has 83 heavy (non-hydrogen) atoms. The summed E-state index contributed by atoms with van der Waals surface area (Å²) in [5.41, 5.74) is 0. The molecule has 3 N–H and O–H groups in total. The molecule has 0 aromatic heterocycles. The van der Waals surface area contributed by atoms with Crippen molar-refractivity contribution in [3.63, 3.8) is 0 Å². The van der Waals surface area contributed by atoms with Gasteiger partial charge in [0.05, 0.1) is 6.61 Å². The lowest BCUT2D eigenvalue weighted by Crippen LogP contribution is -2.61. The largest absolute Gasteiger partial charge is 0.479 e. The first-order valence-corrected chi connectivity index (χ1v) is 32.2. The molecular weight excluding hydrogens is 1040 g/mol. The lowest BCUT2D eigenvalue weighted by Gasteiger charge is -2.40. The van der Waals surface area contributed by atoms with E-state index in [4.69, 9.17) is 23.7 Å². The zero-order chi connectivity index (χ0) is 60.3. The summed E-state index contributed by atoms with van der Waals surface area (Å²) in [5.74, 6) is -3.20. The maximum Gasteiger partial charge on any atom is 0.335 e. The Labute approximate surface area is 502 Å². The smallest absolute Gasteiger partial charge is 0.335 e. The van der Waals surface area contributed by atoms with Crippen molar-refractivity contribution < 1.29 is 58.2 Å². The molecule has 1 aliphatic heterocycles. The van der Waals surface area contributed by atoms with Gasteiger partial charge in [0.15, 0.2) is 24.6 Å². The topological polar surface area (TPSA) is 175 Å². The first-order chi connectivity index (χ1) is 40.6. The zero-order valence-corrected chi connectivity index (χ0v) is 51.6. The van der Waals surface area contributed by atoms with Gasteiger partial charge in [-0.05, 0) is 128 Å². The van der Waals surface area contributed by atoms with Crippen LogP contribution in [0, 0.1) is 0 Å². The van der Waals surface area contributed by atoms with Crippen LogP contribution in [0.3, 0.4) is 0 Å². The second-order valence-corrected chi connectivity index (χ2v) is 21.2. The van der Waals surface area contributed by atoms with Gasteiger partial charge in [-0.15, -0.1) is 0 Å². The lowest BCUT2D eigenvalue weighted by atomic mass is 9.98. The molecule has 0 aromatic carbocycles. The quantitative estimate of drug-likeness (QED) is 0.0228. The van der Waals surface area contributed by atoms with Gasteiger partial charge in [-0.1, -0.05) is 225 Å². The normalized spacial score (nSPS) is 18.5. The van der Waals surface area contributed by atoms with Gasteiger partial charge in [0, 0.05) is 19.3 Å². The van der Waals surface area contributed by atoms with Gasteiger partial charge in [0.25, 0.3) is 0 Å². The number of ether oxygens (including phenoxy) is 5. The number of allylic oxidation sites excluding steroid dienone is 22. The van der Waals surface area contributed by atoms with Crippen molar-refractivity contribution in [2.24, 2.45) is 0 Å². The molecule has 0 radical (unpaired) electrons. The minimum Gasteiger partial charge on any atom is -0.479 e. The number of aliphatic hydroxyl groups is 2. The molecule has 1 fully saturated rings. The summed E-state index contributed by atoms with van der Waals surface area (Å²) in [7, 11) is 0.